The van der Waals surface area contributed by atoms with Crippen molar-refractivity contribution in [2.45, 2.75) is 45.1 Å². The fraction of sp³-hybridized carbons (Fsp3) is 0.778. The van der Waals surface area contributed by atoms with Crippen molar-refractivity contribution in [2.24, 2.45) is 0 Å². The lowest BCUT2D eigenvalue weighted by molar-refractivity contribution is 0.120. The van der Waals surface area contributed by atoms with Crippen LogP contribution in [0.1, 0.15) is 13.8 Å². The molecule has 0 spiro atoms. The van der Waals surface area contributed by atoms with Crippen LogP contribution in [0.5, 0.6) is 0 Å². The zero-order valence-corrected chi connectivity index (χ0v) is 9.36. The monoisotopic (exact) mass is 172 g/mol. The molecule has 11 heavy (non-hydrogen) atoms. The summed E-state index contributed by atoms with van der Waals surface area (Å²) < 4.78 is 0. The third-order valence-electron chi connectivity index (χ3n) is 1.61. The molecule has 0 atom stereocenters. The van der Waals surface area contributed by atoms with Gasteiger partial charge in [0, 0.05) is 8.07 Å². The molecule has 1 nitrogen and oxygen atoms in total. The van der Waals surface area contributed by atoms with E-state index in [0.717, 1.165) is 11.6 Å². The first-order chi connectivity index (χ1) is 4.63. The van der Waals surface area contributed by atoms with E-state index in [1.165, 1.54) is 0 Å². The summed E-state index contributed by atoms with van der Waals surface area (Å²) in [5.74, 6) is 0. The molecule has 0 amide bonds. The van der Waals surface area contributed by atoms with E-state index in [2.05, 4.69) is 26.2 Å². The summed E-state index contributed by atoms with van der Waals surface area (Å²) >= 11 is 0. The zero-order chi connectivity index (χ0) is 9.28. The lowest BCUT2D eigenvalue weighted by atomic mass is 10.0. The Morgan fingerprint density at radius 1 is 1.36 bits per heavy atom. The van der Waals surface area contributed by atoms with Crippen LogP contribution in [0.15, 0.2) is 12.2 Å². The first-order valence-corrected chi connectivity index (χ1v) is 7.74. The number of rotatable bonds is 3. The van der Waals surface area contributed by atoms with Gasteiger partial charge >= 0.3 is 0 Å². The van der Waals surface area contributed by atoms with Gasteiger partial charge in [-0.2, -0.15) is 0 Å². The Labute approximate surface area is 71.1 Å². The van der Waals surface area contributed by atoms with Gasteiger partial charge in [-0.1, -0.05) is 26.2 Å². The molecule has 0 aliphatic heterocycles. The largest absolute Gasteiger partial charge is 0.386 e. The maximum absolute atomic E-state index is 9.57. The molecule has 0 saturated carbocycles. The minimum Gasteiger partial charge on any atom is -0.386 e. The van der Waals surface area contributed by atoms with E-state index in [1.54, 1.807) is 13.8 Å². The Hall–Kier alpha value is -0.0831. The molecule has 0 saturated heterocycles. The lowest BCUT2D eigenvalue weighted by Gasteiger charge is -2.26. The third kappa shape index (κ3) is 5.22. The zero-order valence-electron chi connectivity index (χ0n) is 8.36. The molecule has 66 valence electrons. The van der Waals surface area contributed by atoms with Gasteiger partial charge in [-0.05, 0) is 25.5 Å². The summed E-state index contributed by atoms with van der Waals surface area (Å²) in [6.07, 6.45) is 0. The van der Waals surface area contributed by atoms with Crippen molar-refractivity contribution in [3.05, 3.63) is 12.2 Å². The number of aliphatic hydroxyl groups is 1. The topological polar surface area (TPSA) is 20.2 Å². The molecule has 0 rings (SSSR count). The van der Waals surface area contributed by atoms with Crippen molar-refractivity contribution in [1.82, 2.24) is 0 Å². The number of hydrogen-bond acceptors (Lipinski definition) is 1. The average molecular weight is 172 g/mol. The van der Waals surface area contributed by atoms with Crippen LogP contribution >= 0.6 is 0 Å². The van der Waals surface area contributed by atoms with Crippen LogP contribution in [0.25, 0.3) is 0 Å². The second kappa shape index (κ2) is 3.11. The van der Waals surface area contributed by atoms with Crippen molar-refractivity contribution in [2.75, 3.05) is 0 Å². The van der Waals surface area contributed by atoms with E-state index in [-0.39, 0.29) is 0 Å². The van der Waals surface area contributed by atoms with Gasteiger partial charge in [0.1, 0.15) is 0 Å². The van der Waals surface area contributed by atoms with E-state index < -0.39 is 13.7 Å². The van der Waals surface area contributed by atoms with E-state index in [1.807, 2.05) is 0 Å². The van der Waals surface area contributed by atoms with Crippen molar-refractivity contribution in [3.63, 3.8) is 0 Å². The van der Waals surface area contributed by atoms with Crippen molar-refractivity contribution >= 4 is 8.07 Å². The van der Waals surface area contributed by atoms with Gasteiger partial charge in [0.2, 0.25) is 0 Å². The molecular weight excluding hydrogens is 152 g/mol. The minimum atomic E-state index is -1.09. The molecule has 0 aromatic rings. The highest BCUT2D eigenvalue weighted by molar-refractivity contribution is 6.76. The van der Waals surface area contributed by atoms with Crippen LogP contribution in [-0.4, -0.2) is 18.8 Å². The first kappa shape index (κ1) is 10.9. The Bertz CT molecular complexity index is 148. The van der Waals surface area contributed by atoms with Gasteiger partial charge in [-0.15, -0.1) is 0 Å². The van der Waals surface area contributed by atoms with E-state index in [4.69, 9.17) is 0 Å². The molecule has 0 radical (unpaired) electrons. The van der Waals surface area contributed by atoms with Crippen LogP contribution in [0.2, 0.25) is 25.7 Å². The predicted molar refractivity (Wildman–Crippen MR) is 53.6 cm³/mol. The fourth-order valence-electron chi connectivity index (χ4n) is 0.856. The van der Waals surface area contributed by atoms with Crippen LogP contribution in [-0.2, 0) is 0 Å². The molecule has 0 bridgehead atoms. The molecule has 0 aliphatic carbocycles. The molecule has 0 aromatic heterocycles. The second-order valence-electron chi connectivity index (χ2n) is 4.90. The Morgan fingerprint density at radius 3 is 1.82 bits per heavy atom. The SMILES string of the molecule is C=C(C[Si](C)(C)C)C(C)(C)O. The summed E-state index contributed by atoms with van der Waals surface area (Å²) in [6.45, 7) is 14.3. The maximum atomic E-state index is 9.57. The maximum Gasteiger partial charge on any atom is 0.0795 e. The summed E-state index contributed by atoms with van der Waals surface area (Å²) in [5.41, 5.74) is 0.275. The summed E-state index contributed by atoms with van der Waals surface area (Å²) in [7, 11) is -1.09. The van der Waals surface area contributed by atoms with Gasteiger partial charge < -0.3 is 5.11 Å². The van der Waals surface area contributed by atoms with Crippen molar-refractivity contribution in [3.8, 4) is 0 Å². The second-order valence-corrected chi connectivity index (χ2v) is 10.4. The van der Waals surface area contributed by atoms with Crippen LogP contribution in [0.4, 0.5) is 0 Å². The highest BCUT2D eigenvalue weighted by Crippen LogP contribution is 2.23. The normalized spacial score (nSPS) is 13.3. The highest BCUT2D eigenvalue weighted by Gasteiger charge is 2.23. The fourth-order valence-corrected chi connectivity index (χ4v) is 2.57. The smallest absolute Gasteiger partial charge is 0.0795 e. The van der Waals surface area contributed by atoms with Crippen LogP contribution < -0.4 is 0 Å². The third-order valence-corrected chi connectivity index (χ3v) is 3.10. The van der Waals surface area contributed by atoms with Gasteiger partial charge in [0.15, 0.2) is 0 Å². The van der Waals surface area contributed by atoms with Crippen LogP contribution in [0, 0.1) is 0 Å². The molecule has 2 heteroatoms. The minimum absolute atomic E-state index is 0.694. The van der Waals surface area contributed by atoms with Gasteiger partial charge in [-0.25, -0.2) is 0 Å². The summed E-state index contributed by atoms with van der Waals surface area (Å²) in [5, 5.41) is 9.57. The molecule has 0 heterocycles. The lowest BCUT2D eigenvalue weighted by Crippen LogP contribution is -2.29. The average Bonchev–Trinajstić information content (AvgIpc) is 1.56. The van der Waals surface area contributed by atoms with Crippen LogP contribution in [0.3, 0.4) is 0 Å². The van der Waals surface area contributed by atoms with Gasteiger partial charge in [0.05, 0.1) is 5.60 Å². The van der Waals surface area contributed by atoms with Crippen molar-refractivity contribution in [1.29, 1.82) is 0 Å². The quantitative estimate of drug-likeness (QED) is 0.512. The molecule has 0 fully saturated rings. The first-order valence-electron chi connectivity index (χ1n) is 4.03. The predicted octanol–water partition coefficient (Wildman–Crippen LogP) is 2.65. The summed E-state index contributed by atoms with van der Waals surface area (Å²) in [4.78, 5) is 0. The molecule has 1 N–H and O–H groups in total. The molecular formula is C9H20OSi. The van der Waals surface area contributed by atoms with E-state index >= 15 is 0 Å². The molecule has 0 aromatic carbocycles. The Kier molecular flexibility index (Phi) is 3.09. The van der Waals surface area contributed by atoms with E-state index in [0.29, 0.717) is 0 Å². The standard InChI is InChI=1S/C9H20OSi/c1-8(9(2,3)10)7-11(4,5)6/h10H,1,7H2,2-6H3. The molecule has 0 unspecified atom stereocenters. The van der Waals surface area contributed by atoms with Crippen molar-refractivity contribution < 1.29 is 5.11 Å². The van der Waals surface area contributed by atoms with Gasteiger partial charge in [-0.3, -0.25) is 0 Å². The molecule has 0 aliphatic rings. The van der Waals surface area contributed by atoms with Gasteiger partial charge in [0.25, 0.3) is 0 Å². The summed E-state index contributed by atoms with van der Waals surface area (Å²) in [6, 6.07) is 1.01. The Morgan fingerprint density at radius 2 is 1.73 bits per heavy atom. The van der Waals surface area contributed by atoms with E-state index in [9.17, 15) is 5.11 Å². The highest BCUT2D eigenvalue weighted by atomic mass is 28.3. The Balaban J connectivity index is 4.11. The number of hydrogen-bond donors (Lipinski definition) is 1.